The topological polar surface area (TPSA) is 83.6 Å². The molecule has 0 aromatic carbocycles. The molecule has 1 aliphatic rings. The van der Waals surface area contributed by atoms with Gasteiger partial charge in [-0.25, -0.2) is 4.79 Å². The molecule has 0 aromatic rings. The highest BCUT2D eigenvalue weighted by molar-refractivity contribution is 6.74. The third-order valence-electron chi connectivity index (χ3n) is 9.23. The quantitative estimate of drug-likeness (QED) is 0.0521. The number of hydrogen-bond donors (Lipinski definition) is 0. The molecule has 0 radical (unpaired) electrons. The Balaban J connectivity index is 3.76. The summed E-state index contributed by atoms with van der Waals surface area (Å²) in [5, 5.41) is -0.0728. The van der Waals surface area contributed by atoms with Crippen LogP contribution < -0.4 is 0 Å². The normalized spacial score (nSPS) is 23.6. The first-order valence-electron chi connectivity index (χ1n) is 15.0. The Morgan fingerprint density at radius 1 is 1.07 bits per heavy atom. The van der Waals surface area contributed by atoms with Crippen LogP contribution in [0, 0.1) is 17.8 Å². The summed E-state index contributed by atoms with van der Waals surface area (Å²) in [6.07, 6.45) is 4.80. The summed E-state index contributed by atoms with van der Waals surface area (Å²) in [4.78, 5) is 24.9. The van der Waals surface area contributed by atoms with Gasteiger partial charge in [-0.1, -0.05) is 80.2 Å². The molecule has 9 heteroatoms. The fourth-order valence-electron chi connectivity index (χ4n) is 5.26. The van der Waals surface area contributed by atoms with Crippen molar-refractivity contribution in [3.63, 3.8) is 0 Å². The molecule has 0 spiro atoms. The van der Waals surface area contributed by atoms with Crippen molar-refractivity contribution in [1.82, 2.24) is 0 Å². The molecule has 0 aliphatic carbocycles. The van der Waals surface area contributed by atoms with E-state index in [-0.39, 0.29) is 30.3 Å². The van der Waals surface area contributed by atoms with Crippen LogP contribution in [-0.4, -0.2) is 66.2 Å². The molecule has 1 saturated heterocycles. The smallest absolute Gasteiger partial charge is 0.434 e. The first-order chi connectivity index (χ1) is 18.5. The fraction of sp³-hybridized carbons (Fsp3) is 0.806. The van der Waals surface area contributed by atoms with Crippen LogP contribution in [0.5, 0.6) is 0 Å². The van der Waals surface area contributed by atoms with Crippen molar-refractivity contribution in [1.29, 1.82) is 0 Å². The predicted octanol–water partition coefficient (Wildman–Crippen LogP) is 7.93. The number of epoxide rings is 1. The van der Waals surface area contributed by atoms with E-state index in [0.29, 0.717) is 0 Å². The minimum atomic E-state index is -2.35. The highest BCUT2D eigenvalue weighted by Crippen LogP contribution is 2.51. The minimum absolute atomic E-state index is 0.0105. The maximum atomic E-state index is 12.5. The van der Waals surface area contributed by atoms with Crippen molar-refractivity contribution < 1.29 is 32.7 Å². The molecule has 0 N–H and O–H groups in total. The van der Waals surface area contributed by atoms with Gasteiger partial charge in [-0.2, -0.15) is 0 Å². The molecular formula is C31H58O7Si2. The van der Waals surface area contributed by atoms with Crippen molar-refractivity contribution in [2.45, 2.75) is 129 Å². The summed E-state index contributed by atoms with van der Waals surface area (Å²) >= 11 is 0. The van der Waals surface area contributed by atoms with Crippen LogP contribution in [-0.2, 0) is 27.9 Å². The molecule has 0 amide bonds. The summed E-state index contributed by atoms with van der Waals surface area (Å²) in [6.45, 7) is 29.3. The van der Waals surface area contributed by atoms with Gasteiger partial charge in [-0.3, -0.25) is 0 Å². The van der Waals surface area contributed by atoms with Crippen molar-refractivity contribution in [3.8, 4) is 0 Å². The minimum Gasteiger partial charge on any atom is -0.434 e. The Hall–Kier alpha value is -1.27. The lowest BCUT2D eigenvalue weighted by atomic mass is 9.80. The molecule has 40 heavy (non-hydrogen) atoms. The van der Waals surface area contributed by atoms with Crippen molar-refractivity contribution in [3.05, 3.63) is 24.8 Å². The average molecular weight is 599 g/mol. The first kappa shape index (κ1) is 36.8. The van der Waals surface area contributed by atoms with Gasteiger partial charge in [0.2, 0.25) is 0 Å². The number of ether oxygens (including phenoxy) is 3. The second kappa shape index (κ2) is 15.3. The number of allylic oxidation sites excluding steroid dienone is 1. The van der Waals surface area contributed by atoms with Crippen LogP contribution in [0.15, 0.2) is 24.8 Å². The lowest BCUT2D eigenvalue weighted by Gasteiger charge is -2.46. The van der Waals surface area contributed by atoms with Gasteiger partial charge < -0.3 is 27.9 Å². The van der Waals surface area contributed by atoms with E-state index < -0.39 is 52.4 Å². The Kier molecular flexibility index (Phi) is 14.0. The molecule has 0 saturated carbocycles. The lowest BCUT2D eigenvalue weighted by Crippen LogP contribution is -2.57. The summed E-state index contributed by atoms with van der Waals surface area (Å²) in [7, 11) is -4.52. The van der Waals surface area contributed by atoms with Crippen molar-refractivity contribution in [2.24, 2.45) is 17.8 Å². The Labute approximate surface area is 246 Å². The number of aldehydes is 1. The SMILES string of the molecule is C=CCOC(=O)OC[C@@H]([C@H](O[Si](CC)(CC)CC)[C@H](C)C=O)[C@H](O[Si](C)(C)C(C)(C)C)[C@]1(C)O[C@@H]1[C@@H](C)/C=C\C. The predicted molar refractivity (Wildman–Crippen MR) is 168 cm³/mol. The zero-order chi connectivity index (χ0) is 30.9. The van der Waals surface area contributed by atoms with Gasteiger partial charge in [0.05, 0.1) is 18.3 Å². The van der Waals surface area contributed by atoms with Crippen LogP contribution in [0.25, 0.3) is 0 Å². The summed E-state index contributed by atoms with van der Waals surface area (Å²) in [5.74, 6) is -0.721. The van der Waals surface area contributed by atoms with E-state index >= 15 is 0 Å². The Bertz CT molecular complexity index is 841. The van der Waals surface area contributed by atoms with Gasteiger partial charge in [-0.15, -0.1) is 0 Å². The van der Waals surface area contributed by atoms with E-state index in [1.54, 1.807) is 0 Å². The number of carbonyl (C=O) groups is 2. The summed E-state index contributed by atoms with van der Waals surface area (Å²) < 4.78 is 31.7. The van der Waals surface area contributed by atoms with E-state index in [2.05, 4.69) is 81.1 Å². The molecule has 7 nitrogen and oxygen atoms in total. The second-order valence-electron chi connectivity index (χ2n) is 13.1. The van der Waals surface area contributed by atoms with Crippen LogP contribution in [0.2, 0.25) is 36.3 Å². The standard InChI is InChI=1S/C31H58O7Si2/c1-14-19-23(6)27-31(11,36-27)28(38-39(12,13)30(8,9)10)25(22-35-29(33)34-20-15-2)26(24(7)21-32)37-40(16-3,17-4)18-5/h14-15,19,21,23-28H,2,16-18,20,22H2,1,3-13H3/b19-14-/t23-,24+,25-,26+,27+,28-,31+/m0/s1. The molecule has 1 fully saturated rings. The van der Waals surface area contributed by atoms with Gasteiger partial charge in [0.25, 0.3) is 0 Å². The average Bonchev–Trinajstić information content (AvgIpc) is 3.60. The number of hydrogen-bond acceptors (Lipinski definition) is 7. The van der Waals surface area contributed by atoms with Crippen LogP contribution >= 0.6 is 0 Å². The van der Waals surface area contributed by atoms with Gasteiger partial charge in [0, 0.05) is 17.8 Å². The Morgan fingerprint density at radius 2 is 1.65 bits per heavy atom. The molecule has 7 atom stereocenters. The molecular weight excluding hydrogens is 541 g/mol. The van der Waals surface area contributed by atoms with E-state index in [0.717, 1.165) is 24.4 Å². The largest absolute Gasteiger partial charge is 0.508 e. The van der Waals surface area contributed by atoms with Gasteiger partial charge in [0.1, 0.15) is 25.1 Å². The highest BCUT2D eigenvalue weighted by Gasteiger charge is 2.64. The third kappa shape index (κ3) is 9.12. The molecule has 0 aromatic heterocycles. The monoisotopic (exact) mass is 598 g/mol. The molecule has 0 unspecified atom stereocenters. The molecule has 232 valence electrons. The highest BCUT2D eigenvalue weighted by atomic mass is 28.4. The third-order valence-corrected chi connectivity index (χ3v) is 18.3. The van der Waals surface area contributed by atoms with E-state index in [1.165, 1.54) is 6.08 Å². The number of carbonyl (C=O) groups excluding carboxylic acids is 2. The number of rotatable bonds is 18. The molecule has 1 heterocycles. The van der Waals surface area contributed by atoms with Gasteiger partial charge in [0.15, 0.2) is 16.6 Å². The second-order valence-corrected chi connectivity index (χ2v) is 22.5. The maximum Gasteiger partial charge on any atom is 0.508 e. The van der Waals surface area contributed by atoms with E-state index in [1.807, 2.05) is 19.9 Å². The van der Waals surface area contributed by atoms with Crippen LogP contribution in [0.3, 0.4) is 0 Å². The van der Waals surface area contributed by atoms with Crippen LogP contribution in [0.4, 0.5) is 4.79 Å². The van der Waals surface area contributed by atoms with Gasteiger partial charge >= 0.3 is 6.16 Å². The molecule has 1 aliphatic heterocycles. The molecule has 0 bridgehead atoms. The van der Waals surface area contributed by atoms with E-state index in [9.17, 15) is 9.59 Å². The maximum absolute atomic E-state index is 12.5. The zero-order valence-electron chi connectivity index (χ0n) is 27.4. The Morgan fingerprint density at radius 3 is 2.10 bits per heavy atom. The lowest BCUT2D eigenvalue weighted by molar-refractivity contribution is -0.117. The van der Waals surface area contributed by atoms with E-state index in [4.69, 9.17) is 23.1 Å². The summed E-state index contributed by atoms with van der Waals surface area (Å²) in [5.41, 5.74) is -0.646. The summed E-state index contributed by atoms with van der Waals surface area (Å²) in [6, 6.07) is 2.79. The molecule has 1 rings (SSSR count). The first-order valence-corrected chi connectivity index (χ1v) is 20.5. The van der Waals surface area contributed by atoms with Gasteiger partial charge in [-0.05, 0) is 50.1 Å². The van der Waals surface area contributed by atoms with Crippen molar-refractivity contribution >= 4 is 29.1 Å². The van der Waals surface area contributed by atoms with Crippen molar-refractivity contribution in [2.75, 3.05) is 13.2 Å². The zero-order valence-corrected chi connectivity index (χ0v) is 29.4. The van der Waals surface area contributed by atoms with Crippen LogP contribution in [0.1, 0.15) is 69.2 Å². The fourth-order valence-corrected chi connectivity index (χ4v) is 9.63.